The molecule has 0 aliphatic heterocycles. The molecule has 1 saturated carbocycles. The minimum absolute atomic E-state index is 0.111. The summed E-state index contributed by atoms with van der Waals surface area (Å²) in [5, 5.41) is 19.8. The average Bonchev–Trinajstić information content (AvgIpc) is 3.22. The molecular weight excluding hydrogens is 258 g/mol. The van der Waals surface area contributed by atoms with E-state index in [2.05, 4.69) is 0 Å². The highest BCUT2D eigenvalue weighted by atomic mass is 16.6. The monoisotopic (exact) mass is 273 g/mol. The van der Waals surface area contributed by atoms with Crippen LogP contribution < -0.4 is 0 Å². The molecule has 0 radical (unpaired) electrons. The van der Waals surface area contributed by atoms with E-state index in [9.17, 15) is 14.9 Å². The van der Waals surface area contributed by atoms with Gasteiger partial charge >= 0.3 is 0 Å². The standard InChI is InChI=1S/C14H15N3O3/c1-10-4-2-5-12(13(10)17(19)20)14(18)16(9-3-8-15)11-6-7-11/h2,4-5,11H,3,6-7,9H2,1H3. The second kappa shape index (κ2) is 5.70. The number of hydrogen-bond donors (Lipinski definition) is 0. The van der Waals surface area contributed by atoms with E-state index >= 15 is 0 Å². The molecule has 2 rings (SSSR count). The van der Waals surface area contributed by atoms with Crippen LogP contribution in [0, 0.1) is 28.4 Å². The van der Waals surface area contributed by atoms with E-state index in [0.717, 1.165) is 12.8 Å². The number of carbonyl (C=O) groups excluding carboxylic acids is 1. The quantitative estimate of drug-likeness (QED) is 0.608. The van der Waals surface area contributed by atoms with Crippen molar-refractivity contribution in [1.82, 2.24) is 4.90 Å². The highest BCUT2D eigenvalue weighted by Gasteiger charge is 2.35. The normalized spacial score (nSPS) is 13.6. The Hall–Kier alpha value is -2.42. The molecule has 1 aliphatic rings. The minimum atomic E-state index is -0.516. The van der Waals surface area contributed by atoms with E-state index in [4.69, 9.17) is 5.26 Å². The molecule has 0 spiro atoms. The van der Waals surface area contributed by atoms with Crippen molar-refractivity contribution in [1.29, 1.82) is 5.26 Å². The molecular formula is C14H15N3O3. The zero-order chi connectivity index (χ0) is 14.7. The van der Waals surface area contributed by atoms with Crippen LogP contribution >= 0.6 is 0 Å². The lowest BCUT2D eigenvalue weighted by molar-refractivity contribution is -0.385. The molecule has 0 N–H and O–H groups in total. The maximum atomic E-state index is 12.5. The van der Waals surface area contributed by atoms with Gasteiger partial charge in [-0.2, -0.15) is 5.26 Å². The zero-order valence-corrected chi connectivity index (χ0v) is 11.2. The Morgan fingerprint density at radius 3 is 2.80 bits per heavy atom. The van der Waals surface area contributed by atoms with Crippen molar-refractivity contribution in [3.8, 4) is 6.07 Å². The summed E-state index contributed by atoms with van der Waals surface area (Å²) >= 11 is 0. The van der Waals surface area contributed by atoms with Crippen LogP contribution in [0.15, 0.2) is 18.2 Å². The highest BCUT2D eigenvalue weighted by molar-refractivity contribution is 5.99. The first-order chi connectivity index (χ1) is 9.56. The predicted octanol–water partition coefficient (Wildman–Crippen LogP) is 2.42. The largest absolute Gasteiger partial charge is 0.334 e. The molecule has 0 unspecified atom stereocenters. The predicted molar refractivity (Wildman–Crippen MR) is 72.1 cm³/mol. The van der Waals surface area contributed by atoms with Crippen molar-refractivity contribution < 1.29 is 9.72 Å². The van der Waals surface area contributed by atoms with Gasteiger partial charge in [0.1, 0.15) is 5.56 Å². The van der Waals surface area contributed by atoms with Crippen LogP contribution in [-0.2, 0) is 0 Å². The number of aryl methyl sites for hydroxylation is 1. The number of nitro groups is 1. The summed E-state index contributed by atoms with van der Waals surface area (Å²) in [5.74, 6) is -0.349. The van der Waals surface area contributed by atoms with E-state index in [0.29, 0.717) is 12.1 Å². The van der Waals surface area contributed by atoms with E-state index in [1.165, 1.54) is 6.07 Å². The fraction of sp³-hybridized carbons (Fsp3) is 0.429. The molecule has 0 aromatic heterocycles. The molecule has 1 fully saturated rings. The van der Waals surface area contributed by atoms with Crippen LogP contribution in [0.25, 0.3) is 0 Å². The summed E-state index contributed by atoms with van der Waals surface area (Å²) in [7, 11) is 0. The van der Waals surface area contributed by atoms with Gasteiger partial charge in [-0.3, -0.25) is 14.9 Å². The fourth-order valence-corrected chi connectivity index (χ4v) is 2.24. The highest BCUT2D eigenvalue weighted by Crippen LogP contribution is 2.31. The molecule has 0 bridgehead atoms. The smallest absolute Gasteiger partial charge is 0.285 e. The van der Waals surface area contributed by atoms with E-state index in [1.807, 2.05) is 6.07 Å². The number of nitrogens with zero attached hydrogens (tertiary/aromatic N) is 3. The molecule has 0 atom stereocenters. The Morgan fingerprint density at radius 1 is 1.55 bits per heavy atom. The van der Waals surface area contributed by atoms with E-state index in [-0.39, 0.29) is 29.6 Å². The molecule has 1 amide bonds. The first-order valence-electron chi connectivity index (χ1n) is 6.48. The number of benzene rings is 1. The maximum Gasteiger partial charge on any atom is 0.285 e. The molecule has 6 nitrogen and oxygen atoms in total. The van der Waals surface area contributed by atoms with Crippen LogP contribution in [-0.4, -0.2) is 28.3 Å². The van der Waals surface area contributed by atoms with Gasteiger partial charge in [-0.25, -0.2) is 0 Å². The van der Waals surface area contributed by atoms with Crippen LogP contribution in [0.3, 0.4) is 0 Å². The molecule has 1 aliphatic carbocycles. The van der Waals surface area contributed by atoms with Crippen molar-refractivity contribution in [2.45, 2.75) is 32.2 Å². The first-order valence-corrected chi connectivity index (χ1v) is 6.48. The third kappa shape index (κ3) is 2.77. The molecule has 1 aromatic rings. The summed E-state index contributed by atoms with van der Waals surface area (Å²) < 4.78 is 0. The van der Waals surface area contributed by atoms with Crippen molar-refractivity contribution in [3.05, 3.63) is 39.4 Å². The third-order valence-corrected chi connectivity index (χ3v) is 3.36. The summed E-state index contributed by atoms with van der Waals surface area (Å²) in [6.45, 7) is 1.94. The average molecular weight is 273 g/mol. The second-order valence-corrected chi connectivity index (χ2v) is 4.87. The van der Waals surface area contributed by atoms with Crippen LogP contribution in [0.5, 0.6) is 0 Å². The lowest BCUT2D eigenvalue weighted by atomic mass is 10.1. The Labute approximate surface area is 116 Å². The zero-order valence-electron chi connectivity index (χ0n) is 11.2. The number of nitriles is 1. The molecule has 6 heteroatoms. The summed E-state index contributed by atoms with van der Waals surface area (Å²) in [6, 6.07) is 6.87. The number of carbonyl (C=O) groups is 1. The Morgan fingerprint density at radius 2 is 2.25 bits per heavy atom. The van der Waals surface area contributed by atoms with Gasteiger partial charge < -0.3 is 4.90 Å². The van der Waals surface area contributed by atoms with Gasteiger partial charge in [0.05, 0.1) is 17.4 Å². The number of rotatable bonds is 5. The van der Waals surface area contributed by atoms with Crippen molar-refractivity contribution in [2.75, 3.05) is 6.54 Å². The van der Waals surface area contributed by atoms with Gasteiger partial charge in [0.2, 0.25) is 0 Å². The molecule has 20 heavy (non-hydrogen) atoms. The van der Waals surface area contributed by atoms with Gasteiger partial charge in [0.25, 0.3) is 11.6 Å². The van der Waals surface area contributed by atoms with E-state index in [1.54, 1.807) is 24.0 Å². The number of amides is 1. The topological polar surface area (TPSA) is 87.2 Å². The SMILES string of the molecule is Cc1cccc(C(=O)N(CCC#N)C2CC2)c1[N+](=O)[O-]. The fourth-order valence-electron chi connectivity index (χ4n) is 2.24. The third-order valence-electron chi connectivity index (χ3n) is 3.36. The summed E-state index contributed by atoms with van der Waals surface area (Å²) in [4.78, 5) is 24.7. The summed E-state index contributed by atoms with van der Waals surface area (Å²) in [6.07, 6.45) is 2.04. The van der Waals surface area contributed by atoms with Crippen LogP contribution in [0.1, 0.15) is 35.2 Å². The van der Waals surface area contributed by atoms with Gasteiger partial charge in [0, 0.05) is 18.2 Å². The van der Waals surface area contributed by atoms with Crippen LogP contribution in [0.4, 0.5) is 5.69 Å². The molecule has 0 saturated heterocycles. The van der Waals surface area contributed by atoms with E-state index < -0.39 is 4.92 Å². The van der Waals surface area contributed by atoms with Crippen molar-refractivity contribution >= 4 is 11.6 Å². The number of para-hydroxylation sites is 1. The van der Waals surface area contributed by atoms with Crippen molar-refractivity contribution in [3.63, 3.8) is 0 Å². The number of hydrogen-bond acceptors (Lipinski definition) is 4. The van der Waals surface area contributed by atoms with Gasteiger partial charge in [-0.1, -0.05) is 12.1 Å². The molecule has 104 valence electrons. The molecule has 0 heterocycles. The maximum absolute atomic E-state index is 12.5. The second-order valence-electron chi connectivity index (χ2n) is 4.87. The lowest BCUT2D eigenvalue weighted by Crippen LogP contribution is -2.34. The molecule has 1 aromatic carbocycles. The minimum Gasteiger partial charge on any atom is -0.334 e. The van der Waals surface area contributed by atoms with Gasteiger partial charge in [0.15, 0.2) is 0 Å². The van der Waals surface area contributed by atoms with Crippen LogP contribution in [0.2, 0.25) is 0 Å². The summed E-state index contributed by atoms with van der Waals surface area (Å²) in [5.41, 5.74) is 0.442. The Balaban J connectivity index is 2.34. The van der Waals surface area contributed by atoms with Gasteiger partial charge in [-0.05, 0) is 25.8 Å². The lowest BCUT2D eigenvalue weighted by Gasteiger charge is -2.21. The Bertz CT molecular complexity index is 588. The Kier molecular flexibility index (Phi) is 3.99. The number of nitro benzene ring substituents is 1. The van der Waals surface area contributed by atoms with Gasteiger partial charge in [-0.15, -0.1) is 0 Å². The first kappa shape index (κ1) is 14.0. The van der Waals surface area contributed by atoms with Crippen molar-refractivity contribution in [2.24, 2.45) is 0 Å².